The predicted octanol–water partition coefficient (Wildman–Crippen LogP) is 3.10. The Labute approximate surface area is 118 Å². The SMILES string of the molecule is COc1cc(Cl)ccc1C(Cc1ccccc1)NN. The van der Waals surface area contributed by atoms with Gasteiger partial charge in [0.15, 0.2) is 0 Å². The largest absolute Gasteiger partial charge is 0.496 e. The molecule has 4 heteroatoms. The van der Waals surface area contributed by atoms with E-state index < -0.39 is 0 Å². The standard InChI is InChI=1S/C15H17ClN2O/c1-19-15-10-12(16)7-8-13(15)14(18-17)9-11-5-3-2-4-6-11/h2-8,10,14,18H,9,17H2,1H3. The van der Waals surface area contributed by atoms with Crippen LogP contribution in [0.4, 0.5) is 0 Å². The number of nitrogens with two attached hydrogens (primary N) is 1. The quantitative estimate of drug-likeness (QED) is 0.652. The van der Waals surface area contributed by atoms with Gasteiger partial charge in [0.25, 0.3) is 0 Å². The molecule has 2 aromatic rings. The minimum Gasteiger partial charge on any atom is -0.496 e. The highest BCUT2D eigenvalue weighted by molar-refractivity contribution is 6.30. The smallest absolute Gasteiger partial charge is 0.125 e. The third-order valence-corrected chi connectivity index (χ3v) is 3.29. The van der Waals surface area contributed by atoms with Gasteiger partial charge in [-0.3, -0.25) is 11.3 Å². The van der Waals surface area contributed by atoms with E-state index in [9.17, 15) is 0 Å². The third kappa shape index (κ3) is 3.47. The van der Waals surface area contributed by atoms with E-state index in [1.54, 1.807) is 13.2 Å². The normalized spacial score (nSPS) is 12.2. The van der Waals surface area contributed by atoms with Gasteiger partial charge in [-0.05, 0) is 24.1 Å². The van der Waals surface area contributed by atoms with Crippen molar-refractivity contribution >= 4 is 11.6 Å². The monoisotopic (exact) mass is 276 g/mol. The van der Waals surface area contributed by atoms with Crippen LogP contribution in [0.3, 0.4) is 0 Å². The van der Waals surface area contributed by atoms with Crippen LogP contribution in [0.15, 0.2) is 48.5 Å². The summed E-state index contributed by atoms with van der Waals surface area (Å²) in [5.41, 5.74) is 5.05. The first-order chi connectivity index (χ1) is 9.24. The molecule has 3 N–H and O–H groups in total. The van der Waals surface area contributed by atoms with E-state index in [2.05, 4.69) is 17.6 Å². The van der Waals surface area contributed by atoms with Crippen molar-refractivity contribution in [1.82, 2.24) is 5.43 Å². The maximum atomic E-state index is 5.97. The fourth-order valence-corrected chi connectivity index (χ4v) is 2.24. The Balaban J connectivity index is 2.27. The van der Waals surface area contributed by atoms with Crippen molar-refractivity contribution in [1.29, 1.82) is 0 Å². The molecular formula is C15H17ClN2O. The molecule has 0 aliphatic heterocycles. The highest BCUT2D eigenvalue weighted by atomic mass is 35.5. The molecule has 1 unspecified atom stereocenters. The molecule has 0 aliphatic carbocycles. The topological polar surface area (TPSA) is 47.3 Å². The van der Waals surface area contributed by atoms with Crippen molar-refractivity contribution in [3.8, 4) is 5.75 Å². The van der Waals surface area contributed by atoms with E-state index in [1.165, 1.54) is 5.56 Å². The Hall–Kier alpha value is -1.55. The van der Waals surface area contributed by atoms with E-state index in [0.29, 0.717) is 5.02 Å². The second kappa shape index (κ2) is 6.57. The zero-order chi connectivity index (χ0) is 13.7. The molecular weight excluding hydrogens is 260 g/mol. The lowest BCUT2D eigenvalue weighted by Gasteiger charge is -2.19. The van der Waals surface area contributed by atoms with Gasteiger partial charge in [0.2, 0.25) is 0 Å². The minimum absolute atomic E-state index is 0.0189. The van der Waals surface area contributed by atoms with Crippen LogP contribution in [0.2, 0.25) is 5.02 Å². The first kappa shape index (κ1) is 13.9. The first-order valence-electron chi connectivity index (χ1n) is 6.08. The van der Waals surface area contributed by atoms with Crippen LogP contribution in [0.1, 0.15) is 17.2 Å². The zero-order valence-corrected chi connectivity index (χ0v) is 11.5. The predicted molar refractivity (Wildman–Crippen MR) is 78.2 cm³/mol. The fourth-order valence-electron chi connectivity index (χ4n) is 2.08. The summed E-state index contributed by atoms with van der Waals surface area (Å²) < 4.78 is 5.37. The van der Waals surface area contributed by atoms with Gasteiger partial charge in [0.1, 0.15) is 5.75 Å². The molecule has 0 saturated carbocycles. The molecule has 2 rings (SSSR count). The van der Waals surface area contributed by atoms with Gasteiger partial charge in [-0.15, -0.1) is 0 Å². The summed E-state index contributed by atoms with van der Waals surface area (Å²) in [6, 6.07) is 15.7. The first-order valence-corrected chi connectivity index (χ1v) is 6.46. The molecule has 19 heavy (non-hydrogen) atoms. The van der Waals surface area contributed by atoms with Crippen LogP contribution in [-0.2, 0) is 6.42 Å². The Bertz CT molecular complexity index is 531. The summed E-state index contributed by atoms with van der Waals surface area (Å²) in [6.07, 6.45) is 0.787. The average molecular weight is 277 g/mol. The maximum absolute atomic E-state index is 5.97. The van der Waals surface area contributed by atoms with Crippen LogP contribution in [-0.4, -0.2) is 7.11 Å². The number of hydrazine groups is 1. The summed E-state index contributed by atoms with van der Waals surface area (Å²) in [5, 5.41) is 0.649. The number of benzene rings is 2. The van der Waals surface area contributed by atoms with Crippen molar-refractivity contribution < 1.29 is 4.74 Å². The summed E-state index contributed by atoms with van der Waals surface area (Å²) in [7, 11) is 1.63. The van der Waals surface area contributed by atoms with Gasteiger partial charge < -0.3 is 4.74 Å². The second-order valence-corrected chi connectivity index (χ2v) is 4.73. The summed E-state index contributed by atoms with van der Waals surface area (Å²) in [5.74, 6) is 6.42. The van der Waals surface area contributed by atoms with Crippen LogP contribution in [0.5, 0.6) is 5.75 Å². The van der Waals surface area contributed by atoms with Crippen LogP contribution >= 0.6 is 11.6 Å². The molecule has 0 saturated heterocycles. The van der Waals surface area contributed by atoms with Crippen LogP contribution in [0.25, 0.3) is 0 Å². The molecule has 0 amide bonds. The van der Waals surface area contributed by atoms with Gasteiger partial charge in [-0.2, -0.15) is 0 Å². The molecule has 2 aromatic carbocycles. The molecule has 0 aromatic heterocycles. The third-order valence-electron chi connectivity index (χ3n) is 3.05. The van der Waals surface area contributed by atoms with E-state index in [0.717, 1.165) is 17.7 Å². The molecule has 0 spiro atoms. The van der Waals surface area contributed by atoms with E-state index >= 15 is 0 Å². The van der Waals surface area contributed by atoms with Gasteiger partial charge >= 0.3 is 0 Å². The molecule has 0 heterocycles. The molecule has 100 valence electrons. The van der Waals surface area contributed by atoms with Crippen molar-refractivity contribution in [3.05, 3.63) is 64.7 Å². The maximum Gasteiger partial charge on any atom is 0.125 e. The number of halogens is 1. The molecule has 0 bridgehead atoms. The molecule has 0 radical (unpaired) electrons. The lowest BCUT2D eigenvalue weighted by Crippen LogP contribution is -2.29. The number of rotatable bonds is 5. The fraction of sp³-hybridized carbons (Fsp3) is 0.200. The number of methoxy groups -OCH3 is 1. The highest BCUT2D eigenvalue weighted by Gasteiger charge is 2.15. The minimum atomic E-state index is -0.0189. The molecule has 0 fully saturated rings. The van der Waals surface area contributed by atoms with Gasteiger partial charge in [0, 0.05) is 10.6 Å². The lowest BCUT2D eigenvalue weighted by atomic mass is 9.98. The van der Waals surface area contributed by atoms with Gasteiger partial charge in [0.05, 0.1) is 13.2 Å². The summed E-state index contributed by atoms with van der Waals surface area (Å²) in [4.78, 5) is 0. The average Bonchev–Trinajstić information content (AvgIpc) is 2.46. The Morgan fingerprint density at radius 3 is 2.58 bits per heavy atom. The Morgan fingerprint density at radius 2 is 1.95 bits per heavy atom. The molecule has 3 nitrogen and oxygen atoms in total. The lowest BCUT2D eigenvalue weighted by molar-refractivity contribution is 0.399. The van der Waals surface area contributed by atoms with E-state index in [1.807, 2.05) is 30.3 Å². The summed E-state index contributed by atoms with van der Waals surface area (Å²) >= 11 is 5.97. The Kier molecular flexibility index (Phi) is 4.80. The van der Waals surface area contributed by atoms with E-state index in [-0.39, 0.29) is 6.04 Å². The van der Waals surface area contributed by atoms with Gasteiger partial charge in [-0.1, -0.05) is 48.0 Å². The number of hydrogen-bond acceptors (Lipinski definition) is 3. The van der Waals surface area contributed by atoms with Crippen molar-refractivity contribution in [3.63, 3.8) is 0 Å². The van der Waals surface area contributed by atoms with Crippen LogP contribution < -0.4 is 16.0 Å². The zero-order valence-electron chi connectivity index (χ0n) is 10.8. The number of hydrogen-bond donors (Lipinski definition) is 2. The van der Waals surface area contributed by atoms with E-state index in [4.69, 9.17) is 22.2 Å². The Morgan fingerprint density at radius 1 is 1.21 bits per heavy atom. The summed E-state index contributed by atoms with van der Waals surface area (Å²) in [6.45, 7) is 0. The molecule has 0 aliphatic rings. The number of ether oxygens (including phenoxy) is 1. The number of nitrogens with one attached hydrogen (secondary N) is 1. The van der Waals surface area contributed by atoms with Gasteiger partial charge in [-0.25, -0.2) is 0 Å². The molecule has 1 atom stereocenters. The van der Waals surface area contributed by atoms with Crippen molar-refractivity contribution in [2.24, 2.45) is 5.84 Å². The van der Waals surface area contributed by atoms with Crippen LogP contribution in [0, 0.1) is 0 Å². The second-order valence-electron chi connectivity index (χ2n) is 4.30. The van der Waals surface area contributed by atoms with Crippen molar-refractivity contribution in [2.75, 3.05) is 7.11 Å². The highest BCUT2D eigenvalue weighted by Crippen LogP contribution is 2.29. The van der Waals surface area contributed by atoms with Crippen molar-refractivity contribution in [2.45, 2.75) is 12.5 Å².